The van der Waals surface area contributed by atoms with E-state index in [1.165, 1.54) is 31.2 Å². The van der Waals surface area contributed by atoms with Crippen molar-refractivity contribution in [3.63, 3.8) is 0 Å². The lowest BCUT2D eigenvalue weighted by molar-refractivity contribution is 0.104. The van der Waals surface area contributed by atoms with Crippen molar-refractivity contribution < 1.29 is 9.47 Å². The number of hydrogen-bond acceptors (Lipinski definition) is 4. The maximum atomic E-state index is 5.59. The van der Waals surface area contributed by atoms with Crippen LogP contribution in [-0.2, 0) is 6.54 Å². The van der Waals surface area contributed by atoms with E-state index >= 15 is 0 Å². The normalized spacial score (nSPS) is 27.1. The van der Waals surface area contributed by atoms with E-state index in [9.17, 15) is 0 Å². The summed E-state index contributed by atoms with van der Waals surface area (Å²) in [5.41, 5.74) is 2.52. The fourth-order valence-electron chi connectivity index (χ4n) is 5.12. The van der Waals surface area contributed by atoms with Gasteiger partial charge in [0.05, 0.1) is 14.2 Å². The van der Waals surface area contributed by atoms with Crippen LogP contribution in [0.15, 0.2) is 48.5 Å². The standard InChI is InChI=1S/C24H32N2O2/c1-27-20-12-13-22(28-2)19(14-20)16-26-24-21-11-7-6-10-18(21)15-25-23(24)17-8-4-3-5-9-17/h3-5,8-9,12-14,18,21,23-26H,6-7,10-11,15-16H2,1-2H3. The van der Waals surface area contributed by atoms with E-state index in [0.717, 1.165) is 42.0 Å². The summed E-state index contributed by atoms with van der Waals surface area (Å²) in [5.74, 6) is 3.28. The zero-order valence-electron chi connectivity index (χ0n) is 17.0. The van der Waals surface area contributed by atoms with Crippen LogP contribution in [0.4, 0.5) is 0 Å². The van der Waals surface area contributed by atoms with E-state index in [0.29, 0.717) is 12.1 Å². The molecule has 0 bridgehead atoms. The molecule has 0 radical (unpaired) electrons. The first kappa shape index (κ1) is 19.3. The van der Waals surface area contributed by atoms with Gasteiger partial charge in [0.1, 0.15) is 11.5 Å². The van der Waals surface area contributed by atoms with E-state index in [-0.39, 0.29) is 0 Å². The minimum atomic E-state index is 0.345. The molecule has 4 nitrogen and oxygen atoms in total. The Labute approximate surface area is 168 Å². The highest BCUT2D eigenvalue weighted by molar-refractivity contribution is 5.40. The number of ether oxygens (including phenoxy) is 2. The molecule has 1 saturated heterocycles. The van der Waals surface area contributed by atoms with E-state index in [1.807, 2.05) is 12.1 Å². The molecule has 2 aromatic carbocycles. The topological polar surface area (TPSA) is 42.5 Å². The Morgan fingerprint density at radius 1 is 1.00 bits per heavy atom. The fourth-order valence-corrected chi connectivity index (χ4v) is 5.12. The third-order valence-electron chi connectivity index (χ3n) is 6.56. The molecule has 1 aliphatic carbocycles. The third kappa shape index (κ3) is 4.03. The SMILES string of the molecule is COc1ccc(OC)c(CNC2C(c3ccccc3)NCC3CCCCC32)c1. The van der Waals surface area contributed by atoms with Crippen LogP contribution in [0.3, 0.4) is 0 Å². The zero-order chi connectivity index (χ0) is 19.3. The van der Waals surface area contributed by atoms with Crippen molar-refractivity contribution in [1.82, 2.24) is 10.6 Å². The molecular formula is C24H32N2O2. The lowest BCUT2D eigenvalue weighted by Crippen LogP contribution is -2.55. The monoisotopic (exact) mass is 380 g/mol. The quantitative estimate of drug-likeness (QED) is 0.784. The first-order valence-corrected chi connectivity index (χ1v) is 10.5. The summed E-state index contributed by atoms with van der Waals surface area (Å²) < 4.78 is 11.0. The summed E-state index contributed by atoms with van der Waals surface area (Å²) in [6.45, 7) is 1.91. The molecule has 1 saturated carbocycles. The first-order chi connectivity index (χ1) is 13.8. The summed E-state index contributed by atoms with van der Waals surface area (Å²) in [5, 5.41) is 7.77. The van der Waals surface area contributed by atoms with Gasteiger partial charge in [-0.3, -0.25) is 0 Å². The Kier molecular flexibility index (Phi) is 6.18. The van der Waals surface area contributed by atoms with Gasteiger partial charge in [-0.15, -0.1) is 0 Å². The lowest BCUT2D eigenvalue weighted by atomic mass is 9.69. The van der Waals surface area contributed by atoms with Gasteiger partial charge in [0.25, 0.3) is 0 Å². The van der Waals surface area contributed by atoms with Crippen molar-refractivity contribution in [1.29, 1.82) is 0 Å². The van der Waals surface area contributed by atoms with Gasteiger partial charge in [-0.2, -0.15) is 0 Å². The fraction of sp³-hybridized carbons (Fsp3) is 0.500. The van der Waals surface area contributed by atoms with Crippen LogP contribution in [0.2, 0.25) is 0 Å². The van der Waals surface area contributed by atoms with E-state index < -0.39 is 0 Å². The molecule has 2 fully saturated rings. The minimum absolute atomic E-state index is 0.345. The Hall–Kier alpha value is -2.04. The van der Waals surface area contributed by atoms with Crippen molar-refractivity contribution >= 4 is 0 Å². The number of hydrogen-bond donors (Lipinski definition) is 2. The van der Waals surface area contributed by atoms with Crippen molar-refractivity contribution in [2.45, 2.75) is 44.3 Å². The van der Waals surface area contributed by atoms with Crippen LogP contribution >= 0.6 is 0 Å². The number of rotatable bonds is 6. The number of piperidine rings is 1. The predicted octanol–water partition coefficient (Wildman–Crippen LogP) is 4.31. The van der Waals surface area contributed by atoms with Gasteiger partial charge in [0, 0.05) is 24.2 Å². The molecule has 0 amide bonds. The molecule has 2 aromatic rings. The highest BCUT2D eigenvalue weighted by Crippen LogP contribution is 2.40. The minimum Gasteiger partial charge on any atom is -0.497 e. The molecule has 28 heavy (non-hydrogen) atoms. The summed E-state index contributed by atoms with van der Waals surface area (Å²) in [6, 6.07) is 17.7. The predicted molar refractivity (Wildman–Crippen MR) is 113 cm³/mol. The third-order valence-corrected chi connectivity index (χ3v) is 6.56. The highest BCUT2D eigenvalue weighted by Gasteiger charge is 2.40. The Bertz CT molecular complexity index is 764. The molecule has 2 aliphatic rings. The molecule has 2 N–H and O–H groups in total. The Morgan fingerprint density at radius 2 is 1.82 bits per heavy atom. The van der Waals surface area contributed by atoms with Gasteiger partial charge in [-0.1, -0.05) is 43.2 Å². The summed E-state index contributed by atoms with van der Waals surface area (Å²) in [6.07, 6.45) is 5.39. The second-order valence-corrected chi connectivity index (χ2v) is 8.09. The van der Waals surface area contributed by atoms with Gasteiger partial charge in [0.15, 0.2) is 0 Å². The lowest BCUT2D eigenvalue weighted by Gasteiger charge is -2.47. The second kappa shape index (κ2) is 8.97. The van der Waals surface area contributed by atoms with Gasteiger partial charge in [-0.25, -0.2) is 0 Å². The van der Waals surface area contributed by atoms with Crippen molar-refractivity contribution in [2.75, 3.05) is 20.8 Å². The van der Waals surface area contributed by atoms with Gasteiger partial charge >= 0.3 is 0 Å². The first-order valence-electron chi connectivity index (χ1n) is 10.5. The van der Waals surface area contributed by atoms with Crippen LogP contribution in [0, 0.1) is 11.8 Å². The number of methoxy groups -OCH3 is 2. The summed E-state index contributed by atoms with van der Waals surface area (Å²) in [4.78, 5) is 0. The number of fused-ring (bicyclic) bond motifs is 1. The van der Waals surface area contributed by atoms with Crippen molar-refractivity contribution in [3.8, 4) is 11.5 Å². The van der Waals surface area contributed by atoms with Crippen LogP contribution in [0.1, 0.15) is 42.9 Å². The van der Waals surface area contributed by atoms with Crippen LogP contribution in [0.5, 0.6) is 11.5 Å². The largest absolute Gasteiger partial charge is 0.497 e. The Balaban J connectivity index is 1.58. The maximum Gasteiger partial charge on any atom is 0.123 e. The van der Waals surface area contributed by atoms with E-state index in [2.05, 4.69) is 47.0 Å². The molecule has 4 heteroatoms. The van der Waals surface area contributed by atoms with Gasteiger partial charge < -0.3 is 20.1 Å². The molecule has 150 valence electrons. The highest BCUT2D eigenvalue weighted by atomic mass is 16.5. The molecule has 0 spiro atoms. The zero-order valence-corrected chi connectivity index (χ0v) is 17.0. The molecule has 4 atom stereocenters. The molecule has 4 rings (SSSR count). The summed E-state index contributed by atoms with van der Waals surface area (Å²) >= 11 is 0. The second-order valence-electron chi connectivity index (χ2n) is 8.09. The van der Waals surface area contributed by atoms with Crippen LogP contribution in [0.25, 0.3) is 0 Å². The molecule has 1 heterocycles. The van der Waals surface area contributed by atoms with Crippen LogP contribution in [-0.4, -0.2) is 26.8 Å². The van der Waals surface area contributed by atoms with Crippen LogP contribution < -0.4 is 20.1 Å². The molecule has 0 aromatic heterocycles. The average Bonchev–Trinajstić information content (AvgIpc) is 2.77. The Morgan fingerprint density at radius 3 is 2.61 bits per heavy atom. The van der Waals surface area contributed by atoms with Gasteiger partial charge in [0.2, 0.25) is 0 Å². The van der Waals surface area contributed by atoms with Gasteiger partial charge in [-0.05, 0) is 55.0 Å². The van der Waals surface area contributed by atoms with E-state index in [1.54, 1.807) is 14.2 Å². The average molecular weight is 381 g/mol. The molecule has 1 aliphatic heterocycles. The molecular weight excluding hydrogens is 348 g/mol. The maximum absolute atomic E-state index is 5.59. The van der Waals surface area contributed by atoms with Crippen molar-refractivity contribution in [2.24, 2.45) is 11.8 Å². The van der Waals surface area contributed by atoms with Crippen molar-refractivity contribution in [3.05, 3.63) is 59.7 Å². The molecule has 4 unspecified atom stereocenters. The smallest absolute Gasteiger partial charge is 0.123 e. The number of benzene rings is 2. The number of nitrogens with one attached hydrogen (secondary N) is 2. The van der Waals surface area contributed by atoms with E-state index in [4.69, 9.17) is 9.47 Å². The summed E-state index contributed by atoms with van der Waals surface area (Å²) in [7, 11) is 3.44.